The summed E-state index contributed by atoms with van der Waals surface area (Å²) in [5, 5.41) is 11.1. The fourth-order valence-corrected chi connectivity index (χ4v) is 3.98. The van der Waals surface area contributed by atoms with Crippen molar-refractivity contribution in [3.63, 3.8) is 0 Å². The second kappa shape index (κ2) is 7.04. The van der Waals surface area contributed by atoms with Gasteiger partial charge in [-0.2, -0.15) is 0 Å². The second-order valence-electron chi connectivity index (χ2n) is 8.15. The lowest BCUT2D eigenvalue weighted by Crippen LogP contribution is -2.46. The number of esters is 3. The molecule has 3 saturated heterocycles. The predicted molar refractivity (Wildman–Crippen MR) is 99.9 cm³/mol. The Morgan fingerprint density at radius 3 is 2.53 bits per heavy atom. The molecule has 0 amide bonds. The van der Waals surface area contributed by atoms with Gasteiger partial charge in [0, 0.05) is 5.57 Å². The molecule has 9 heteroatoms. The molecule has 0 spiro atoms. The van der Waals surface area contributed by atoms with Gasteiger partial charge in [0.1, 0.15) is 30.5 Å². The number of aliphatic hydroxyl groups excluding tert-OH is 1. The van der Waals surface area contributed by atoms with E-state index in [1.807, 2.05) is 6.92 Å². The minimum atomic E-state index is -1.60. The van der Waals surface area contributed by atoms with Crippen LogP contribution in [0.5, 0.6) is 0 Å². The summed E-state index contributed by atoms with van der Waals surface area (Å²) in [6.07, 6.45) is -1.75. The molecule has 30 heavy (non-hydrogen) atoms. The summed E-state index contributed by atoms with van der Waals surface area (Å²) in [6, 6.07) is 0. The van der Waals surface area contributed by atoms with Crippen molar-refractivity contribution in [1.29, 1.82) is 0 Å². The summed E-state index contributed by atoms with van der Waals surface area (Å²) in [7, 11) is 1.18. The van der Waals surface area contributed by atoms with Crippen molar-refractivity contribution < 1.29 is 43.2 Å². The Balaban J connectivity index is 1.77. The van der Waals surface area contributed by atoms with Crippen molar-refractivity contribution in [1.82, 2.24) is 0 Å². The third-order valence-electron chi connectivity index (χ3n) is 6.20. The van der Waals surface area contributed by atoms with Gasteiger partial charge in [-0.1, -0.05) is 6.58 Å². The van der Waals surface area contributed by atoms with Gasteiger partial charge in [-0.3, -0.25) is 0 Å². The Hall–Kier alpha value is -2.49. The molecule has 4 rings (SSSR count). The molecule has 162 valence electrons. The molecule has 4 aliphatic rings. The number of aliphatic hydroxyl groups is 1. The Bertz CT molecular complexity index is 887. The molecule has 0 aromatic heterocycles. The zero-order valence-corrected chi connectivity index (χ0v) is 17.1. The lowest BCUT2D eigenvalue weighted by Gasteiger charge is -2.31. The lowest BCUT2D eigenvalue weighted by molar-refractivity contribution is -0.165. The smallest absolute Gasteiger partial charge is 0.341 e. The van der Waals surface area contributed by atoms with Crippen molar-refractivity contribution in [3.8, 4) is 0 Å². The molecular formula is C21H24O9. The summed E-state index contributed by atoms with van der Waals surface area (Å²) in [5.41, 5.74) is -0.473. The molecule has 0 saturated carbocycles. The zero-order chi connectivity index (χ0) is 22.0. The monoisotopic (exact) mass is 420 g/mol. The van der Waals surface area contributed by atoms with Gasteiger partial charge in [0.2, 0.25) is 0 Å². The van der Waals surface area contributed by atoms with Crippen molar-refractivity contribution >= 4 is 17.9 Å². The maximum absolute atomic E-state index is 12.8. The quantitative estimate of drug-likeness (QED) is 0.227. The average Bonchev–Trinajstić information content (AvgIpc) is 3.58. The molecule has 1 N–H and O–H groups in total. The van der Waals surface area contributed by atoms with E-state index in [1.54, 1.807) is 19.9 Å². The fraction of sp³-hybridized carbons (Fsp3) is 0.571. The number of epoxide rings is 2. The van der Waals surface area contributed by atoms with E-state index < -0.39 is 53.8 Å². The summed E-state index contributed by atoms with van der Waals surface area (Å²) in [4.78, 5) is 37.5. The molecule has 1 aliphatic carbocycles. The molecule has 9 nitrogen and oxygen atoms in total. The van der Waals surface area contributed by atoms with Crippen LogP contribution in [0.1, 0.15) is 20.8 Å². The first kappa shape index (κ1) is 20.8. The second-order valence-corrected chi connectivity index (χ2v) is 8.15. The first-order chi connectivity index (χ1) is 14.1. The van der Waals surface area contributed by atoms with Gasteiger partial charge in [-0.15, -0.1) is 0 Å². The van der Waals surface area contributed by atoms with Crippen molar-refractivity contribution in [2.45, 2.75) is 63.0 Å². The van der Waals surface area contributed by atoms with Gasteiger partial charge in [0.05, 0.1) is 24.7 Å². The summed E-state index contributed by atoms with van der Waals surface area (Å²) in [6.45, 7) is 8.86. The van der Waals surface area contributed by atoms with Crippen LogP contribution in [-0.4, -0.2) is 72.3 Å². The van der Waals surface area contributed by atoms with Crippen LogP contribution in [0.15, 0.2) is 35.5 Å². The van der Waals surface area contributed by atoms with Gasteiger partial charge in [0.25, 0.3) is 0 Å². The standard InChI is InChI=1S/C21H24O9/c1-8-6-12-14(9(2)18(23)28-12)17(29-20(25)21(4)10(3)30-21)15(22)11(19(24)26-5)7-13-16(8)27-13/h6-7,10,12-17,22H,2H2,1,3-5H3/b8-6+,11-7+/t10-,12+,13+,14-,15-,16-,17?,21-/m0/s1. The number of ether oxygens (including phenoxy) is 5. The number of hydrogen-bond donors (Lipinski definition) is 1. The Morgan fingerprint density at radius 1 is 1.27 bits per heavy atom. The van der Waals surface area contributed by atoms with E-state index in [1.165, 1.54) is 13.2 Å². The number of carbonyl (C=O) groups excluding carboxylic acids is 3. The number of carbonyl (C=O) groups is 3. The highest BCUT2D eigenvalue weighted by Crippen LogP contribution is 2.42. The number of methoxy groups -OCH3 is 1. The SMILES string of the molecule is C=C1C(=O)O[C@@H]2/C=C(\C)[C@@H]3O[C@@H]3/C=C(/C(=O)OC)[C@H](O)C(OC(=O)[C@@]3(C)O[C@H]3C)[C@@H]12. The van der Waals surface area contributed by atoms with E-state index in [2.05, 4.69) is 6.58 Å². The van der Waals surface area contributed by atoms with Gasteiger partial charge >= 0.3 is 17.9 Å². The average molecular weight is 420 g/mol. The number of hydrogen-bond acceptors (Lipinski definition) is 9. The number of fused-ring (bicyclic) bond motifs is 2. The van der Waals surface area contributed by atoms with Crippen molar-refractivity contribution in [2.24, 2.45) is 5.92 Å². The van der Waals surface area contributed by atoms with E-state index in [4.69, 9.17) is 23.7 Å². The van der Waals surface area contributed by atoms with Gasteiger partial charge in [0.15, 0.2) is 5.60 Å². The van der Waals surface area contributed by atoms with Gasteiger partial charge in [-0.25, -0.2) is 14.4 Å². The Labute approximate surface area is 173 Å². The van der Waals surface area contributed by atoms with Crippen LogP contribution in [-0.2, 0) is 38.1 Å². The number of rotatable bonds is 3. The van der Waals surface area contributed by atoms with E-state index in [-0.39, 0.29) is 23.4 Å². The van der Waals surface area contributed by atoms with E-state index in [9.17, 15) is 19.5 Å². The normalized spacial score (nSPS) is 45.6. The maximum atomic E-state index is 12.8. The molecule has 8 atom stereocenters. The Kier molecular flexibility index (Phi) is 4.87. The summed E-state index contributed by atoms with van der Waals surface area (Å²) >= 11 is 0. The minimum absolute atomic E-state index is 0.0360. The maximum Gasteiger partial charge on any atom is 0.341 e. The van der Waals surface area contributed by atoms with E-state index in [0.717, 1.165) is 5.57 Å². The van der Waals surface area contributed by atoms with Crippen molar-refractivity contribution in [2.75, 3.05) is 7.11 Å². The molecule has 0 radical (unpaired) electrons. The van der Waals surface area contributed by atoms with Crippen LogP contribution in [0.3, 0.4) is 0 Å². The van der Waals surface area contributed by atoms with E-state index in [0.29, 0.717) is 0 Å². The van der Waals surface area contributed by atoms with Crippen LogP contribution in [0.4, 0.5) is 0 Å². The molecular weight excluding hydrogens is 396 g/mol. The highest BCUT2D eigenvalue weighted by Gasteiger charge is 2.59. The largest absolute Gasteiger partial charge is 0.466 e. The predicted octanol–water partition coefficient (Wildman–Crippen LogP) is 0.361. The van der Waals surface area contributed by atoms with Gasteiger partial charge < -0.3 is 28.8 Å². The van der Waals surface area contributed by atoms with Crippen LogP contribution < -0.4 is 0 Å². The zero-order valence-electron chi connectivity index (χ0n) is 17.1. The molecule has 3 heterocycles. The highest BCUT2D eigenvalue weighted by molar-refractivity contribution is 5.93. The lowest BCUT2D eigenvalue weighted by atomic mass is 9.83. The molecule has 3 fully saturated rings. The van der Waals surface area contributed by atoms with Crippen LogP contribution >= 0.6 is 0 Å². The van der Waals surface area contributed by atoms with Crippen LogP contribution in [0.2, 0.25) is 0 Å². The molecule has 3 aliphatic heterocycles. The third-order valence-corrected chi connectivity index (χ3v) is 6.20. The topological polar surface area (TPSA) is 124 Å². The first-order valence-corrected chi connectivity index (χ1v) is 9.69. The first-order valence-electron chi connectivity index (χ1n) is 9.69. The third kappa shape index (κ3) is 3.27. The van der Waals surface area contributed by atoms with Gasteiger partial charge in [-0.05, 0) is 38.5 Å². The molecule has 0 bridgehead atoms. The minimum Gasteiger partial charge on any atom is -0.466 e. The molecule has 1 unspecified atom stereocenters. The summed E-state index contributed by atoms with van der Waals surface area (Å²) in [5.74, 6) is -3.09. The van der Waals surface area contributed by atoms with E-state index >= 15 is 0 Å². The molecule has 0 aromatic rings. The Morgan fingerprint density at radius 2 is 1.93 bits per heavy atom. The van der Waals surface area contributed by atoms with Crippen LogP contribution in [0.25, 0.3) is 0 Å². The highest BCUT2D eigenvalue weighted by atomic mass is 16.7. The molecule has 0 aromatic carbocycles. The van der Waals surface area contributed by atoms with Crippen LogP contribution in [0, 0.1) is 5.92 Å². The van der Waals surface area contributed by atoms with Crippen molar-refractivity contribution in [3.05, 3.63) is 35.5 Å². The fourth-order valence-electron chi connectivity index (χ4n) is 3.98. The summed E-state index contributed by atoms with van der Waals surface area (Å²) < 4.78 is 26.8.